The van der Waals surface area contributed by atoms with Gasteiger partial charge >= 0.3 is 0 Å². The maximum Gasteiger partial charge on any atom is 0.242 e. The molecule has 0 aromatic carbocycles. The van der Waals surface area contributed by atoms with Crippen LogP contribution in [0.4, 0.5) is 0 Å². The van der Waals surface area contributed by atoms with Crippen molar-refractivity contribution >= 4 is 10.0 Å². The Bertz CT molecular complexity index is 604. The Hall–Kier alpha value is -1.64. The van der Waals surface area contributed by atoms with E-state index in [0.29, 0.717) is 12.2 Å². The number of aromatic nitrogens is 2. The van der Waals surface area contributed by atoms with Crippen molar-refractivity contribution in [2.24, 2.45) is 0 Å². The van der Waals surface area contributed by atoms with E-state index in [0.717, 1.165) is 12.2 Å². The van der Waals surface area contributed by atoms with Crippen LogP contribution < -0.4 is 10.0 Å². The molecule has 2 rings (SSSR count). The van der Waals surface area contributed by atoms with Crippen molar-refractivity contribution in [2.75, 3.05) is 6.54 Å². The molecule has 7 nitrogen and oxygen atoms in total. The van der Waals surface area contributed by atoms with E-state index in [4.69, 9.17) is 0 Å². The van der Waals surface area contributed by atoms with Crippen molar-refractivity contribution in [3.63, 3.8) is 0 Å². The lowest BCUT2D eigenvalue weighted by Gasteiger charge is -2.02. The molecule has 8 heteroatoms. The molecule has 0 aliphatic heterocycles. The zero-order chi connectivity index (χ0) is 13.7. The number of rotatable bonds is 7. The molecule has 19 heavy (non-hydrogen) atoms. The molecule has 0 spiro atoms. The summed E-state index contributed by atoms with van der Waals surface area (Å²) in [5, 5.41) is 6.75. The summed E-state index contributed by atoms with van der Waals surface area (Å²) in [6, 6.07) is 3.21. The second kappa shape index (κ2) is 6.00. The van der Waals surface area contributed by atoms with Crippen molar-refractivity contribution < 1.29 is 12.9 Å². The van der Waals surface area contributed by atoms with Crippen molar-refractivity contribution in [2.45, 2.75) is 24.9 Å². The molecule has 2 heterocycles. The van der Waals surface area contributed by atoms with E-state index >= 15 is 0 Å². The van der Waals surface area contributed by atoms with Crippen LogP contribution in [-0.2, 0) is 23.1 Å². The number of sulfonamides is 1. The SMILES string of the molecule is CCNCc1cc(S(=O)(=O)NCc2ccon2)c[nH]1. The molecule has 0 radical (unpaired) electrons. The van der Waals surface area contributed by atoms with Crippen LogP contribution >= 0.6 is 0 Å². The predicted octanol–water partition coefficient (Wildman–Crippen LogP) is 0.591. The third-order valence-electron chi connectivity index (χ3n) is 2.53. The fraction of sp³-hybridized carbons (Fsp3) is 0.364. The Balaban J connectivity index is 2.00. The zero-order valence-corrected chi connectivity index (χ0v) is 11.3. The van der Waals surface area contributed by atoms with Crippen molar-refractivity contribution in [3.05, 3.63) is 36.0 Å². The molecule has 0 saturated carbocycles. The Morgan fingerprint density at radius 1 is 1.42 bits per heavy atom. The van der Waals surface area contributed by atoms with Crippen LogP contribution in [0, 0.1) is 0 Å². The Morgan fingerprint density at radius 3 is 2.95 bits per heavy atom. The highest BCUT2D eigenvalue weighted by atomic mass is 32.2. The van der Waals surface area contributed by atoms with Gasteiger partial charge in [0.15, 0.2) is 0 Å². The quantitative estimate of drug-likeness (QED) is 0.691. The molecule has 0 bridgehead atoms. The summed E-state index contributed by atoms with van der Waals surface area (Å²) in [6.45, 7) is 3.52. The molecule has 0 aliphatic carbocycles. The van der Waals surface area contributed by atoms with Crippen LogP contribution in [0.5, 0.6) is 0 Å². The topological polar surface area (TPSA) is 100 Å². The molecule has 0 fully saturated rings. The van der Waals surface area contributed by atoms with Gasteiger partial charge in [-0.05, 0) is 12.6 Å². The van der Waals surface area contributed by atoms with Gasteiger partial charge in [0, 0.05) is 24.5 Å². The van der Waals surface area contributed by atoms with Crippen LogP contribution in [0.25, 0.3) is 0 Å². The normalized spacial score (nSPS) is 11.8. The number of H-pyrrole nitrogens is 1. The first-order chi connectivity index (χ1) is 9.12. The Labute approximate surface area is 111 Å². The highest BCUT2D eigenvalue weighted by Crippen LogP contribution is 2.11. The first kappa shape index (κ1) is 13.8. The Kier molecular flexibility index (Phi) is 4.35. The summed E-state index contributed by atoms with van der Waals surface area (Å²) in [4.78, 5) is 3.14. The van der Waals surface area contributed by atoms with Crippen molar-refractivity contribution in [1.82, 2.24) is 20.2 Å². The average molecular weight is 284 g/mol. The van der Waals surface area contributed by atoms with E-state index in [1.54, 1.807) is 12.1 Å². The molecule has 3 N–H and O–H groups in total. The lowest BCUT2D eigenvalue weighted by atomic mass is 10.4. The molecule has 2 aromatic heterocycles. The van der Waals surface area contributed by atoms with Gasteiger partial charge in [-0.15, -0.1) is 0 Å². The molecular weight excluding hydrogens is 268 g/mol. The minimum Gasteiger partial charge on any atom is -0.364 e. The first-order valence-corrected chi connectivity index (χ1v) is 7.37. The fourth-order valence-electron chi connectivity index (χ4n) is 1.52. The summed E-state index contributed by atoms with van der Waals surface area (Å²) >= 11 is 0. The molecule has 0 aliphatic rings. The summed E-state index contributed by atoms with van der Waals surface area (Å²) in [6.07, 6.45) is 2.87. The minimum absolute atomic E-state index is 0.104. The molecule has 0 unspecified atom stereocenters. The number of hydrogen-bond donors (Lipinski definition) is 3. The maximum absolute atomic E-state index is 12.0. The van der Waals surface area contributed by atoms with E-state index in [2.05, 4.69) is 24.7 Å². The van der Waals surface area contributed by atoms with Gasteiger partial charge in [0.1, 0.15) is 6.26 Å². The van der Waals surface area contributed by atoms with Gasteiger partial charge in [0.25, 0.3) is 0 Å². The first-order valence-electron chi connectivity index (χ1n) is 5.89. The molecule has 104 valence electrons. The monoisotopic (exact) mass is 284 g/mol. The largest absolute Gasteiger partial charge is 0.364 e. The van der Waals surface area contributed by atoms with Gasteiger partial charge in [0.05, 0.1) is 17.1 Å². The van der Waals surface area contributed by atoms with Gasteiger partial charge in [-0.2, -0.15) is 0 Å². The number of aromatic amines is 1. The van der Waals surface area contributed by atoms with Gasteiger partial charge < -0.3 is 14.8 Å². The second-order valence-corrected chi connectivity index (χ2v) is 5.72. The highest BCUT2D eigenvalue weighted by molar-refractivity contribution is 7.89. The second-order valence-electron chi connectivity index (χ2n) is 3.96. The van der Waals surface area contributed by atoms with Gasteiger partial charge in [-0.25, -0.2) is 13.1 Å². The van der Waals surface area contributed by atoms with Crippen LogP contribution in [0.2, 0.25) is 0 Å². The third kappa shape index (κ3) is 3.66. The van der Waals surface area contributed by atoms with Crippen molar-refractivity contribution in [1.29, 1.82) is 0 Å². The number of hydrogen-bond acceptors (Lipinski definition) is 5. The average Bonchev–Trinajstić information content (AvgIpc) is 3.05. The molecular formula is C11H16N4O3S. The van der Waals surface area contributed by atoms with Crippen LogP contribution in [0.15, 0.2) is 34.0 Å². The molecule has 2 aromatic rings. The van der Waals surface area contributed by atoms with Crippen LogP contribution in [0.1, 0.15) is 18.3 Å². The molecule has 0 atom stereocenters. The maximum atomic E-state index is 12.0. The minimum atomic E-state index is -3.53. The van der Waals surface area contributed by atoms with Crippen LogP contribution in [0.3, 0.4) is 0 Å². The smallest absolute Gasteiger partial charge is 0.242 e. The lowest BCUT2D eigenvalue weighted by molar-refractivity contribution is 0.411. The summed E-state index contributed by atoms with van der Waals surface area (Å²) in [5.41, 5.74) is 1.36. The van der Waals surface area contributed by atoms with E-state index in [1.165, 1.54) is 12.5 Å². The number of nitrogens with one attached hydrogen (secondary N) is 3. The highest BCUT2D eigenvalue weighted by Gasteiger charge is 2.16. The van der Waals surface area contributed by atoms with Gasteiger partial charge in [-0.3, -0.25) is 0 Å². The fourth-order valence-corrected chi connectivity index (χ4v) is 2.53. The zero-order valence-electron chi connectivity index (χ0n) is 10.5. The molecule has 0 saturated heterocycles. The van der Waals surface area contributed by atoms with Gasteiger partial charge in [0.2, 0.25) is 10.0 Å². The summed E-state index contributed by atoms with van der Waals surface area (Å²) in [7, 11) is -3.53. The predicted molar refractivity (Wildman–Crippen MR) is 68.7 cm³/mol. The Morgan fingerprint density at radius 2 is 2.26 bits per heavy atom. The third-order valence-corrected chi connectivity index (χ3v) is 3.91. The summed E-state index contributed by atoms with van der Waals surface area (Å²) < 4.78 is 31.1. The van der Waals surface area contributed by atoms with E-state index in [9.17, 15) is 8.42 Å². The van der Waals surface area contributed by atoms with E-state index in [1.807, 2.05) is 6.92 Å². The summed E-state index contributed by atoms with van der Waals surface area (Å²) in [5.74, 6) is 0. The van der Waals surface area contributed by atoms with E-state index in [-0.39, 0.29) is 11.4 Å². The number of nitrogens with zero attached hydrogens (tertiary/aromatic N) is 1. The van der Waals surface area contributed by atoms with Crippen LogP contribution in [-0.4, -0.2) is 25.1 Å². The van der Waals surface area contributed by atoms with Gasteiger partial charge in [-0.1, -0.05) is 12.1 Å². The van der Waals surface area contributed by atoms with E-state index < -0.39 is 10.0 Å². The van der Waals surface area contributed by atoms with Crippen molar-refractivity contribution in [3.8, 4) is 0 Å². The lowest BCUT2D eigenvalue weighted by Crippen LogP contribution is -2.23. The molecule has 0 amide bonds. The standard InChI is InChI=1S/C11H16N4O3S/c1-2-12-6-10-5-11(8-13-10)19(16,17)14-7-9-3-4-18-15-9/h3-5,8,12-14H,2,6-7H2,1H3.